The van der Waals surface area contributed by atoms with Crippen LogP contribution in [0.1, 0.15) is 22.6 Å². The average Bonchev–Trinajstić information content (AvgIpc) is 2.84. The van der Waals surface area contributed by atoms with Crippen molar-refractivity contribution in [3.8, 4) is 0 Å². The molecule has 0 N–H and O–H groups in total. The molecular weight excluding hydrogens is 238 g/mol. The third-order valence-corrected chi connectivity index (χ3v) is 3.69. The molecule has 0 atom stereocenters. The lowest BCUT2D eigenvalue weighted by molar-refractivity contribution is 0.0980. The van der Waals surface area contributed by atoms with Crippen LogP contribution in [-0.4, -0.2) is 28.4 Å². The van der Waals surface area contributed by atoms with E-state index in [-0.39, 0.29) is 5.78 Å². The summed E-state index contributed by atoms with van der Waals surface area (Å²) in [5.74, 6) is 1.28. The highest BCUT2D eigenvalue weighted by Crippen LogP contribution is 2.26. The number of imidazole rings is 1. The predicted octanol–water partition coefficient (Wildman–Crippen LogP) is 2.28. The van der Waals surface area contributed by atoms with Gasteiger partial charge in [0.05, 0.1) is 0 Å². The summed E-state index contributed by atoms with van der Waals surface area (Å²) in [4.78, 5) is 18.4. The molecule has 0 fully saturated rings. The molecule has 4 nitrogen and oxygen atoms in total. The van der Waals surface area contributed by atoms with Crippen LogP contribution in [0.5, 0.6) is 0 Å². The third-order valence-electron chi connectivity index (χ3n) is 3.69. The second kappa shape index (κ2) is 4.88. The zero-order valence-corrected chi connectivity index (χ0v) is 11.0. The molecule has 0 unspecified atom stereocenters. The number of hydrogen-bond acceptors (Lipinski definition) is 3. The van der Waals surface area contributed by atoms with Gasteiger partial charge in [-0.25, -0.2) is 4.98 Å². The van der Waals surface area contributed by atoms with Crippen molar-refractivity contribution in [1.82, 2.24) is 9.55 Å². The van der Waals surface area contributed by atoms with Gasteiger partial charge >= 0.3 is 0 Å². The lowest BCUT2D eigenvalue weighted by atomic mass is 10.0. The summed E-state index contributed by atoms with van der Waals surface area (Å²) in [6, 6.07) is 7.88. The molecule has 1 aliphatic heterocycles. The van der Waals surface area contributed by atoms with Crippen molar-refractivity contribution in [3.05, 3.63) is 48.0 Å². The summed E-state index contributed by atoms with van der Waals surface area (Å²) in [5.41, 5.74) is 1.92. The average molecular weight is 255 g/mol. The van der Waals surface area contributed by atoms with Gasteiger partial charge in [0.15, 0.2) is 5.78 Å². The second-order valence-electron chi connectivity index (χ2n) is 4.85. The first-order valence-corrected chi connectivity index (χ1v) is 6.60. The van der Waals surface area contributed by atoms with Gasteiger partial charge in [-0.2, -0.15) is 0 Å². The van der Waals surface area contributed by atoms with E-state index in [2.05, 4.69) is 14.5 Å². The molecule has 19 heavy (non-hydrogen) atoms. The van der Waals surface area contributed by atoms with Crippen LogP contribution in [0.2, 0.25) is 0 Å². The summed E-state index contributed by atoms with van der Waals surface area (Å²) in [7, 11) is 0. The van der Waals surface area contributed by atoms with Crippen LogP contribution in [0.3, 0.4) is 0 Å². The molecule has 1 aromatic heterocycles. The van der Waals surface area contributed by atoms with E-state index in [4.69, 9.17) is 0 Å². The van der Waals surface area contributed by atoms with Gasteiger partial charge in [-0.05, 0) is 19.1 Å². The number of aromatic nitrogens is 2. The fourth-order valence-electron chi connectivity index (χ4n) is 2.58. The highest BCUT2D eigenvalue weighted by atomic mass is 16.1. The Kier molecular flexibility index (Phi) is 3.07. The smallest absolute Gasteiger partial charge is 0.166 e. The number of hydrogen-bond donors (Lipinski definition) is 0. The number of carbonyl (C=O) groups is 1. The van der Waals surface area contributed by atoms with Crippen molar-refractivity contribution >= 4 is 11.5 Å². The number of anilines is 1. The fourth-order valence-corrected chi connectivity index (χ4v) is 2.58. The molecule has 0 saturated carbocycles. The first kappa shape index (κ1) is 12.0. The highest BCUT2D eigenvalue weighted by molar-refractivity contribution is 6.03. The van der Waals surface area contributed by atoms with Gasteiger partial charge in [0.25, 0.3) is 0 Å². The van der Waals surface area contributed by atoms with Gasteiger partial charge in [-0.15, -0.1) is 0 Å². The van der Waals surface area contributed by atoms with Crippen LogP contribution in [0, 0.1) is 6.92 Å². The van der Waals surface area contributed by atoms with Crippen molar-refractivity contribution in [3.63, 3.8) is 0 Å². The third kappa shape index (κ3) is 2.26. The molecule has 0 bridgehead atoms. The summed E-state index contributed by atoms with van der Waals surface area (Å²) in [6.45, 7) is 4.62. The van der Waals surface area contributed by atoms with Gasteiger partial charge in [-0.1, -0.05) is 12.1 Å². The quantitative estimate of drug-likeness (QED) is 0.844. The Bertz CT molecular complexity index is 603. The minimum absolute atomic E-state index is 0.255. The minimum Gasteiger partial charge on any atom is -0.369 e. The zero-order chi connectivity index (χ0) is 13.2. The molecular formula is C15H17N3O. The van der Waals surface area contributed by atoms with E-state index < -0.39 is 0 Å². The molecule has 2 aromatic rings. The van der Waals surface area contributed by atoms with Crippen molar-refractivity contribution < 1.29 is 4.79 Å². The molecule has 2 heterocycles. The maximum Gasteiger partial charge on any atom is 0.166 e. The van der Waals surface area contributed by atoms with Crippen molar-refractivity contribution in [2.45, 2.75) is 19.9 Å². The number of benzene rings is 1. The van der Waals surface area contributed by atoms with E-state index in [0.717, 1.165) is 36.7 Å². The summed E-state index contributed by atoms with van der Waals surface area (Å²) < 4.78 is 2.14. The number of nitrogens with zero attached hydrogens (tertiary/aromatic N) is 3. The Labute approximate surface area is 112 Å². The van der Waals surface area contributed by atoms with Crippen LogP contribution in [0.15, 0.2) is 36.7 Å². The Balaban J connectivity index is 1.78. The van der Waals surface area contributed by atoms with E-state index in [0.29, 0.717) is 6.42 Å². The maximum absolute atomic E-state index is 11.9. The molecule has 0 saturated heterocycles. The van der Waals surface area contributed by atoms with Crippen molar-refractivity contribution in [2.75, 3.05) is 18.0 Å². The van der Waals surface area contributed by atoms with Gasteiger partial charge in [0.2, 0.25) is 0 Å². The predicted molar refractivity (Wildman–Crippen MR) is 74.6 cm³/mol. The molecule has 0 spiro atoms. The topological polar surface area (TPSA) is 38.1 Å². The van der Waals surface area contributed by atoms with Crippen LogP contribution >= 0.6 is 0 Å². The van der Waals surface area contributed by atoms with Crippen molar-refractivity contribution in [1.29, 1.82) is 0 Å². The van der Waals surface area contributed by atoms with E-state index in [1.54, 1.807) is 0 Å². The normalized spacial score (nSPS) is 14.6. The highest BCUT2D eigenvalue weighted by Gasteiger charge is 2.21. The lowest BCUT2D eigenvalue weighted by Gasteiger charge is -2.30. The molecule has 0 aliphatic carbocycles. The second-order valence-corrected chi connectivity index (χ2v) is 4.85. The van der Waals surface area contributed by atoms with Crippen LogP contribution < -0.4 is 4.90 Å². The molecule has 98 valence electrons. The molecule has 3 rings (SSSR count). The monoisotopic (exact) mass is 255 g/mol. The number of aryl methyl sites for hydroxylation is 1. The standard InChI is InChI=1S/C15H17N3O/c1-12-16-7-9-17(12)10-11-18-8-6-15(19)13-4-2-3-5-14(13)18/h2-5,7,9H,6,8,10-11H2,1H3. The molecule has 0 amide bonds. The van der Waals surface area contributed by atoms with Gasteiger partial charge < -0.3 is 9.47 Å². The maximum atomic E-state index is 11.9. The van der Waals surface area contributed by atoms with Crippen LogP contribution in [0.4, 0.5) is 5.69 Å². The fraction of sp³-hybridized carbons (Fsp3) is 0.333. The SMILES string of the molecule is Cc1nccn1CCN1CCC(=O)c2ccccc21. The molecule has 0 radical (unpaired) electrons. The van der Waals surface area contributed by atoms with Crippen molar-refractivity contribution in [2.24, 2.45) is 0 Å². The Hall–Kier alpha value is -2.10. The van der Waals surface area contributed by atoms with Crippen LogP contribution in [-0.2, 0) is 6.54 Å². The molecule has 1 aromatic carbocycles. The van der Waals surface area contributed by atoms with Gasteiger partial charge in [0.1, 0.15) is 5.82 Å². The summed E-state index contributed by atoms with van der Waals surface area (Å²) in [5, 5.41) is 0. The Morgan fingerprint density at radius 3 is 2.89 bits per heavy atom. The summed E-state index contributed by atoms with van der Waals surface area (Å²) in [6.07, 6.45) is 4.43. The van der Waals surface area contributed by atoms with E-state index >= 15 is 0 Å². The van der Waals surface area contributed by atoms with Gasteiger partial charge in [-0.3, -0.25) is 4.79 Å². The first-order chi connectivity index (χ1) is 9.25. The number of ketones is 1. The first-order valence-electron chi connectivity index (χ1n) is 6.60. The number of fused-ring (bicyclic) bond motifs is 1. The Morgan fingerprint density at radius 1 is 1.26 bits per heavy atom. The molecule has 1 aliphatic rings. The lowest BCUT2D eigenvalue weighted by Crippen LogP contribution is -2.34. The minimum atomic E-state index is 0.255. The van der Waals surface area contributed by atoms with Crippen LogP contribution in [0.25, 0.3) is 0 Å². The molecule has 4 heteroatoms. The number of carbonyl (C=O) groups excluding carboxylic acids is 1. The zero-order valence-electron chi connectivity index (χ0n) is 11.0. The number of Topliss-reactive ketones (excluding diaryl/α,β-unsaturated/α-hetero) is 1. The summed E-state index contributed by atoms with van der Waals surface area (Å²) >= 11 is 0. The van der Waals surface area contributed by atoms with E-state index in [1.807, 2.05) is 43.6 Å². The largest absolute Gasteiger partial charge is 0.369 e. The van der Waals surface area contributed by atoms with E-state index in [1.165, 1.54) is 0 Å². The number of para-hydroxylation sites is 1. The van der Waals surface area contributed by atoms with Gasteiger partial charge in [0, 0.05) is 49.7 Å². The Morgan fingerprint density at radius 2 is 2.11 bits per heavy atom. The number of rotatable bonds is 3. The van der Waals surface area contributed by atoms with E-state index in [9.17, 15) is 4.79 Å².